The van der Waals surface area contributed by atoms with Crippen LogP contribution in [0.3, 0.4) is 0 Å². The number of nitrogens with two attached hydrogens (primary N) is 1. The molecule has 0 aliphatic carbocycles. The molecule has 2 atom stereocenters. The van der Waals surface area contributed by atoms with E-state index in [-0.39, 0.29) is 17.3 Å². The van der Waals surface area contributed by atoms with Crippen molar-refractivity contribution in [2.75, 3.05) is 5.75 Å². The first-order valence-corrected chi connectivity index (χ1v) is 15.8. The fourth-order valence-corrected chi connectivity index (χ4v) is 8.19. The molecular weight excluding hydrogens is 583 g/mol. The molecule has 0 saturated heterocycles. The van der Waals surface area contributed by atoms with Crippen LogP contribution in [-0.4, -0.2) is 25.4 Å². The fraction of sp³-hybridized carbons (Fsp3) is 0.257. The average Bonchev–Trinajstić information content (AvgIpc) is 3.47. The molecule has 3 heterocycles. The predicted molar refractivity (Wildman–Crippen MR) is 166 cm³/mol. The lowest BCUT2D eigenvalue weighted by molar-refractivity contribution is 0.0999. The number of pyridine rings is 1. The van der Waals surface area contributed by atoms with E-state index in [1.54, 1.807) is 18.2 Å². The highest BCUT2D eigenvalue weighted by Gasteiger charge is 2.44. The Morgan fingerprint density at radius 3 is 2.41 bits per heavy atom. The quantitative estimate of drug-likeness (QED) is 0.203. The second kappa shape index (κ2) is 11.4. The fourth-order valence-electron chi connectivity index (χ4n) is 6.27. The van der Waals surface area contributed by atoms with Crippen LogP contribution in [-0.2, 0) is 35.6 Å². The Bertz CT molecular complexity index is 1950. The third kappa shape index (κ3) is 5.45. The monoisotopic (exact) mass is 615 g/mol. The molecule has 9 heteroatoms. The molecule has 0 saturated carbocycles. The zero-order valence-corrected chi connectivity index (χ0v) is 25.5. The number of amides is 1. The highest BCUT2D eigenvalue weighted by atomic mass is 32.2. The number of halogens is 3. The van der Waals surface area contributed by atoms with E-state index < -0.39 is 33.8 Å². The van der Waals surface area contributed by atoms with E-state index >= 15 is 0 Å². The summed E-state index contributed by atoms with van der Waals surface area (Å²) in [6, 6.07) is 17.8. The van der Waals surface area contributed by atoms with Crippen molar-refractivity contribution in [3.8, 4) is 11.1 Å². The van der Waals surface area contributed by atoms with Gasteiger partial charge in [-0.3, -0.25) is 14.0 Å². The van der Waals surface area contributed by atoms with E-state index in [0.29, 0.717) is 58.1 Å². The molecule has 1 aliphatic rings. The Morgan fingerprint density at radius 1 is 1.00 bits per heavy atom. The van der Waals surface area contributed by atoms with Crippen molar-refractivity contribution in [3.63, 3.8) is 0 Å². The van der Waals surface area contributed by atoms with Crippen LogP contribution < -0.4 is 5.73 Å². The Kier molecular flexibility index (Phi) is 7.70. The number of primary amides is 1. The Morgan fingerprint density at radius 2 is 1.73 bits per heavy atom. The Hall–Kier alpha value is -4.24. The SMILES string of the molecule is CC(C)Cc1nc2c(c(-c3ccc4c(ccn4Cc4ccc(F)c(F)c4)c3)c1C(N)=O)S(=O)CC2(C)Cc1ccc(F)cc1. The van der Waals surface area contributed by atoms with Gasteiger partial charge in [0.1, 0.15) is 5.82 Å². The maximum Gasteiger partial charge on any atom is 0.251 e. The lowest BCUT2D eigenvalue weighted by Gasteiger charge is -2.25. The van der Waals surface area contributed by atoms with Gasteiger partial charge in [-0.1, -0.05) is 45.0 Å². The van der Waals surface area contributed by atoms with Gasteiger partial charge in [-0.05, 0) is 77.9 Å². The molecule has 2 N–H and O–H groups in total. The molecule has 44 heavy (non-hydrogen) atoms. The molecule has 5 aromatic rings. The average molecular weight is 616 g/mol. The summed E-state index contributed by atoms with van der Waals surface area (Å²) in [4.78, 5) is 18.6. The molecular formula is C35H32F3N3O2S. The number of carbonyl (C=O) groups excluding carboxylic acids is 1. The van der Waals surface area contributed by atoms with Crippen LogP contribution in [0.5, 0.6) is 0 Å². The summed E-state index contributed by atoms with van der Waals surface area (Å²) in [7, 11) is -1.48. The summed E-state index contributed by atoms with van der Waals surface area (Å²) >= 11 is 0. The summed E-state index contributed by atoms with van der Waals surface area (Å²) in [5, 5.41) is 0.856. The standard InChI is InChI=1S/C35H32F3N3O2S/c1-20(2)14-28-31(34(39)42)30(32-33(40-28)35(3,19-44(32)43)17-21-4-8-25(36)9-5-21)24-7-11-29-23(16-24)12-13-41(29)18-22-6-10-26(37)27(38)15-22/h4-13,15-16,20H,14,17-19H2,1-3H3,(H2,39,42). The number of aromatic nitrogens is 2. The summed E-state index contributed by atoms with van der Waals surface area (Å²) in [6.45, 7) is 6.43. The molecule has 1 aliphatic heterocycles. The molecule has 3 aromatic carbocycles. The largest absolute Gasteiger partial charge is 0.366 e. The van der Waals surface area contributed by atoms with Gasteiger partial charge in [0, 0.05) is 40.4 Å². The molecule has 226 valence electrons. The number of rotatable bonds is 8. The van der Waals surface area contributed by atoms with Crippen LogP contribution in [0.4, 0.5) is 13.2 Å². The van der Waals surface area contributed by atoms with E-state index in [1.165, 1.54) is 18.2 Å². The maximum absolute atomic E-state index is 13.9. The Labute approximate surface area is 256 Å². The van der Waals surface area contributed by atoms with E-state index in [9.17, 15) is 22.2 Å². The van der Waals surface area contributed by atoms with Gasteiger partial charge in [0.2, 0.25) is 0 Å². The van der Waals surface area contributed by atoms with Crippen LogP contribution in [0.15, 0.2) is 77.8 Å². The van der Waals surface area contributed by atoms with E-state index in [2.05, 4.69) is 0 Å². The van der Waals surface area contributed by atoms with Crippen LogP contribution in [0.2, 0.25) is 0 Å². The molecule has 5 nitrogen and oxygen atoms in total. The summed E-state index contributed by atoms with van der Waals surface area (Å²) in [5.41, 5.74) is 10.5. The summed E-state index contributed by atoms with van der Waals surface area (Å²) in [5.74, 6) is -2.28. The Balaban J connectivity index is 1.50. The molecule has 1 amide bonds. The first-order chi connectivity index (χ1) is 20.9. The van der Waals surface area contributed by atoms with Crippen molar-refractivity contribution in [2.24, 2.45) is 11.7 Å². The molecule has 6 rings (SSSR count). The number of fused-ring (bicyclic) bond motifs is 2. The van der Waals surface area contributed by atoms with Gasteiger partial charge < -0.3 is 10.3 Å². The number of hydrogen-bond donors (Lipinski definition) is 1. The van der Waals surface area contributed by atoms with Crippen molar-refractivity contribution < 1.29 is 22.2 Å². The maximum atomic E-state index is 13.9. The van der Waals surface area contributed by atoms with Gasteiger partial charge >= 0.3 is 0 Å². The lowest BCUT2D eigenvalue weighted by atomic mass is 9.80. The third-order valence-electron chi connectivity index (χ3n) is 8.23. The van der Waals surface area contributed by atoms with Gasteiger partial charge in [-0.2, -0.15) is 0 Å². The van der Waals surface area contributed by atoms with Gasteiger partial charge in [-0.15, -0.1) is 0 Å². The number of benzene rings is 3. The van der Waals surface area contributed by atoms with Crippen LogP contribution in [0.1, 0.15) is 53.6 Å². The van der Waals surface area contributed by atoms with E-state index in [0.717, 1.165) is 22.5 Å². The zero-order chi connectivity index (χ0) is 31.3. The summed E-state index contributed by atoms with van der Waals surface area (Å²) in [6.07, 6.45) is 2.87. The topological polar surface area (TPSA) is 78.0 Å². The normalized spacial score (nSPS) is 17.8. The van der Waals surface area contributed by atoms with Gasteiger partial charge in [0.05, 0.1) is 32.6 Å². The minimum absolute atomic E-state index is 0.176. The van der Waals surface area contributed by atoms with Crippen molar-refractivity contribution >= 4 is 27.6 Å². The third-order valence-corrected chi connectivity index (χ3v) is 9.98. The van der Waals surface area contributed by atoms with Crippen LogP contribution in [0.25, 0.3) is 22.0 Å². The molecule has 0 radical (unpaired) electrons. The minimum Gasteiger partial charge on any atom is -0.366 e. The molecule has 0 spiro atoms. The number of nitrogens with zero attached hydrogens (tertiary/aromatic N) is 2. The van der Waals surface area contributed by atoms with E-state index in [4.69, 9.17) is 10.7 Å². The van der Waals surface area contributed by atoms with E-state index in [1.807, 2.05) is 55.8 Å². The molecule has 0 fully saturated rings. The zero-order valence-electron chi connectivity index (χ0n) is 24.7. The van der Waals surface area contributed by atoms with Gasteiger partial charge in [0.25, 0.3) is 5.91 Å². The highest BCUT2D eigenvalue weighted by molar-refractivity contribution is 7.85. The van der Waals surface area contributed by atoms with Crippen molar-refractivity contribution in [3.05, 3.63) is 118 Å². The van der Waals surface area contributed by atoms with Gasteiger partial charge in [0.15, 0.2) is 11.6 Å². The van der Waals surface area contributed by atoms with Gasteiger partial charge in [-0.25, -0.2) is 13.2 Å². The van der Waals surface area contributed by atoms with Crippen molar-refractivity contribution in [1.29, 1.82) is 0 Å². The molecule has 2 unspecified atom stereocenters. The van der Waals surface area contributed by atoms with Crippen molar-refractivity contribution in [1.82, 2.24) is 9.55 Å². The lowest BCUT2D eigenvalue weighted by Crippen LogP contribution is -2.28. The smallest absolute Gasteiger partial charge is 0.251 e. The summed E-state index contributed by atoms with van der Waals surface area (Å²) < 4.78 is 56.8. The van der Waals surface area contributed by atoms with Crippen LogP contribution in [0, 0.1) is 23.4 Å². The first kappa shape index (κ1) is 29.8. The second-order valence-electron chi connectivity index (χ2n) is 12.3. The predicted octanol–water partition coefficient (Wildman–Crippen LogP) is 7.09. The number of carbonyl (C=O) groups is 1. The van der Waals surface area contributed by atoms with Crippen LogP contribution >= 0.6 is 0 Å². The number of hydrogen-bond acceptors (Lipinski definition) is 3. The first-order valence-electron chi connectivity index (χ1n) is 14.5. The molecule has 0 bridgehead atoms. The van der Waals surface area contributed by atoms with Crippen molar-refractivity contribution in [2.45, 2.75) is 50.5 Å². The minimum atomic E-state index is -1.48. The molecule has 2 aromatic heterocycles. The second-order valence-corrected chi connectivity index (χ2v) is 13.7. The highest BCUT2D eigenvalue weighted by Crippen LogP contribution is 2.46.